The van der Waals surface area contributed by atoms with E-state index < -0.39 is 10.3 Å². The van der Waals surface area contributed by atoms with Crippen molar-refractivity contribution in [2.45, 2.75) is 59.5 Å². The number of esters is 1. The molecular formula is C21H28N2O6P2. The molecule has 0 fully saturated rings. The number of ether oxygens (including phenoxy) is 1. The van der Waals surface area contributed by atoms with Gasteiger partial charge in [0.25, 0.3) is 5.69 Å². The zero-order valence-corrected chi connectivity index (χ0v) is 20.0. The molecule has 0 bridgehead atoms. The third-order valence-corrected chi connectivity index (χ3v) is 6.36. The van der Waals surface area contributed by atoms with E-state index in [2.05, 4.69) is 13.9 Å². The van der Waals surface area contributed by atoms with Gasteiger partial charge in [0.1, 0.15) is 6.61 Å². The van der Waals surface area contributed by atoms with Gasteiger partial charge < -0.3 is 9.26 Å². The molecule has 1 aromatic carbocycles. The van der Waals surface area contributed by atoms with Gasteiger partial charge in [0.05, 0.1) is 22.3 Å². The lowest BCUT2D eigenvalue weighted by Crippen LogP contribution is -2.31. The summed E-state index contributed by atoms with van der Waals surface area (Å²) < 4.78 is 14.2. The van der Waals surface area contributed by atoms with Gasteiger partial charge in [0.15, 0.2) is 0 Å². The minimum absolute atomic E-state index is 0.0273. The highest BCUT2D eigenvalue weighted by Gasteiger charge is 2.36. The number of nitro benzene ring substituents is 1. The number of carbonyl (C=O) groups excluding carboxylic acids is 2. The fourth-order valence-corrected chi connectivity index (χ4v) is 3.93. The van der Waals surface area contributed by atoms with Crippen LogP contribution < -0.4 is 0 Å². The summed E-state index contributed by atoms with van der Waals surface area (Å²) in [5, 5.41) is 11.4. The molecule has 0 aliphatic heterocycles. The fraction of sp³-hybridized carbons (Fsp3) is 0.524. The van der Waals surface area contributed by atoms with Crippen molar-refractivity contribution >= 4 is 35.6 Å². The van der Waals surface area contributed by atoms with Crippen molar-refractivity contribution in [3.8, 4) is 0 Å². The van der Waals surface area contributed by atoms with Crippen LogP contribution in [0.5, 0.6) is 0 Å². The summed E-state index contributed by atoms with van der Waals surface area (Å²) in [6.07, 6.45) is 6.68. The average molecular weight is 466 g/mol. The van der Waals surface area contributed by atoms with E-state index in [4.69, 9.17) is 9.26 Å². The van der Waals surface area contributed by atoms with Gasteiger partial charge in [-0.2, -0.15) is 0 Å². The van der Waals surface area contributed by atoms with Crippen molar-refractivity contribution in [2.24, 2.45) is 15.8 Å². The first kappa shape index (κ1) is 25.1. The second kappa shape index (κ2) is 11.4. The smallest absolute Gasteiger partial charge is 0.315 e. The molecule has 1 unspecified atom stereocenters. The maximum Gasteiger partial charge on any atom is 0.315 e. The summed E-state index contributed by atoms with van der Waals surface area (Å²) in [6.45, 7) is 5.38. The predicted octanol–water partition coefficient (Wildman–Crippen LogP) is 5.78. The van der Waals surface area contributed by atoms with Gasteiger partial charge in [0, 0.05) is 6.07 Å². The van der Waals surface area contributed by atoms with Crippen LogP contribution in [0.4, 0.5) is 5.69 Å². The van der Waals surface area contributed by atoms with Crippen molar-refractivity contribution in [1.29, 1.82) is 0 Å². The van der Waals surface area contributed by atoms with E-state index in [-0.39, 0.29) is 45.2 Å². The maximum atomic E-state index is 12.9. The number of benzene rings is 1. The zero-order valence-electron chi connectivity index (χ0n) is 18.0. The number of aryl methyl sites for hydroxylation is 2. The van der Waals surface area contributed by atoms with E-state index in [1.54, 1.807) is 6.07 Å². The Morgan fingerprint density at radius 3 is 2.71 bits per heavy atom. The molecule has 0 spiro atoms. The molecule has 0 N–H and O–H groups in total. The predicted molar refractivity (Wildman–Crippen MR) is 121 cm³/mol. The van der Waals surface area contributed by atoms with Gasteiger partial charge in [0.2, 0.25) is 8.60 Å². The maximum absolute atomic E-state index is 12.9. The number of carbonyl (C=O) groups is 2. The van der Waals surface area contributed by atoms with Crippen LogP contribution in [0.15, 0.2) is 28.8 Å². The van der Waals surface area contributed by atoms with Crippen molar-refractivity contribution in [3.63, 3.8) is 0 Å². The lowest BCUT2D eigenvalue weighted by molar-refractivity contribution is -0.385. The van der Waals surface area contributed by atoms with Gasteiger partial charge in [-0.25, -0.2) is 4.52 Å². The minimum Gasteiger partial charge on any atom is -0.460 e. The summed E-state index contributed by atoms with van der Waals surface area (Å²) in [5.41, 5.74) is 1.33. The van der Waals surface area contributed by atoms with Crippen LogP contribution in [-0.2, 0) is 25.5 Å². The monoisotopic (exact) mass is 466 g/mol. The van der Waals surface area contributed by atoms with E-state index >= 15 is 0 Å². The molecule has 0 saturated carbocycles. The number of allylic oxidation sites excluding steroid dienone is 2. The van der Waals surface area contributed by atoms with Crippen LogP contribution in [0.1, 0.15) is 55.7 Å². The van der Waals surface area contributed by atoms with Crippen molar-refractivity contribution in [3.05, 3.63) is 51.1 Å². The van der Waals surface area contributed by atoms with E-state index in [1.807, 2.05) is 32.9 Å². The van der Waals surface area contributed by atoms with Gasteiger partial charge >= 0.3 is 11.9 Å². The normalized spacial score (nSPS) is 22.4. The molecule has 10 heteroatoms. The number of hydrogen-bond donors (Lipinski definition) is 0. The number of hydrogen-bond acceptors (Lipinski definition) is 7. The van der Waals surface area contributed by atoms with Crippen LogP contribution in [0.3, 0.4) is 0 Å². The molecule has 0 heterocycles. The molecule has 0 aromatic heterocycles. The first-order valence-electron chi connectivity index (χ1n) is 10.0. The Morgan fingerprint density at radius 2 is 2.03 bits per heavy atom. The molecule has 2 rings (SSSR count). The number of nitro groups is 1. The van der Waals surface area contributed by atoms with Gasteiger partial charge in [-0.3, -0.25) is 19.7 Å². The van der Waals surface area contributed by atoms with Gasteiger partial charge in [-0.05, 0) is 79.0 Å². The number of rotatable bonds is 7. The molecule has 1 aromatic rings. The summed E-state index contributed by atoms with van der Waals surface area (Å²) in [5.74, 6) is -0.744. The highest BCUT2D eigenvalue weighted by atomic mass is 31.1. The molecule has 8 nitrogen and oxygen atoms in total. The molecule has 31 heavy (non-hydrogen) atoms. The molecule has 0 amide bonds. The molecule has 1 aliphatic rings. The summed E-state index contributed by atoms with van der Waals surface area (Å²) in [6, 6.07) is 3.21. The van der Waals surface area contributed by atoms with Crippen molar-refractivity contribution in [1.82, 2.24) is 0 Å². The molecular weight excluding hydrogens is 438 g/mol. The Hall–Kier alpha value is -2.17. The topological polar surface area (TPSA) is 108 Å². The first-order chi connectivity index (χ1) is 14.7. The average Bonchev–Trinajstić information content (AvgIpc) is 2.71. The SMILES string of the molecule is Cc1cc(COC(=O)[C@]2(C)CC/C=C/[C@H](CC(=O)OP=NP)CC2)c([N+](=O)[O-])cc1C. The lowest BCUT2D eigenvalue weighted by atomic mass is 9.77. The Kier molecular flexibility index (Phi) is 9.27. The van der Waals surface area contributed by atoms with Crippen LogP contribution in [0.2, 0.25) is 0 Å². The fourth-order valence-electron chi connectivity index (χ4n) is 3.57. The summed E-state index contributed by atoms with van der Waals surface area (Å²) >= 11 is 0. The molecule has 168 valence electrons. The molecule has 3 atom stereocenters. The van der Waals surface area contributed by atoms with Crippen molar-refractivity contribution in [2.75, 3.05) is 0 Å². The van der Waals surface area contributed by atoms with E-state index in [1.165, 1.54) is 6.07 Å². The third kappa shape index (κ3) is 7.19. The highest BCUT2D eigenvalue weighted by molar-refractivity contribution is 7.31. The highest BCUT2D eigenvalue weighted by Crippen LogP contribution is 2.36. The first-order valence-corrected chi connectivity index (χ1v) is 11.3. The van der Waals surface area contributed by atoms with E-state index in [0.717, 1.165) is 11.1 Å². The Morgan fingerprint density at radius 1 is 1.32 bits per heavy atom. The van der Waals surface area contributed by atoms with E-state index in [0.29, 0.717) is 31.2 Å². The summed E-state index contributed by atoms with van der Waals surface area (Å²) in [7, 11) is 2.38. The number of nitrogens with zero attached hydrogens (tertiary/aromatic N) is 2. The zero-order chi connectivity index (χ0) is 23.0. The van der Waals surface area contributed by atoms with E-state index in [9.17, 15) is 19.7 Å². The quantitative estimate of drug-likeness (QED) is 0.166. The van der Waals surface area contributed by atoms with Crippen molar-refractivity contribution < 1.29 is 23.8 Å². The van der Waals surface area contributed by atoms with Crippen LogP contribution in [0, 0.1) is 35.3 Å². The standard InChI is InChI=1S/C21H28N2O6P2/c1-14-10-17(18(23(26)27)11-15(14)2)13-28-20(25)21(3)8-5-4-6-16(7-9-21)12-19(24)29-31-22-30/h4,6,10-11,16H,5,7-9,12-13,30H2,1-3H3/b6-4+/t16-,21+/m0/s1. The lowest BCUT2D eigenvalue weighted by Gasteiger charge is -2.29. The second-order valence-electron chi connectivity index (χ2n) is 8.09. The molecule has 0 saturated heterocycles. The summed E-state index contributed by atoms with van der Waals surface area (Å²) in [4.78, 5) is 35.7. The van der Waals surface area contributed by atoms with Crippen LogP contribution >= 0.6 is 18.0 Å². The van der Waals surface area contributed by atoms with Crippen LogP contribution in [-0.4, -0.2) is 16.9 Å². The molecule has 1 aliphatic carbocycles. The largest absolute Gasteiger partial charge is 0.460 e. The molecule has 0 radical (unpaired) electrons. The Bertz CT molecular complexity index is 902. The Balaban J connectivity index is 2.04. The van der Waals surface area contributed by atoms with Gasteiger partial charge in [-0.1, -0.05) is 12.2 Å². The third-order valence-electron chi connectivity index (χ3n) is 5.70. The Labute approximate surface area is 186 Å². The van der Waals surface area contributed by atoms with Crippen LogP contribution in [0.25, 0.3) is 0 Å². The second-order valence-corrected chi connectivity index (χ2v) is 9.36. The van der Waals surface area contributed by atoms with Gasteiger partial charge in [-0.15, -0.1) is 0 Å². The minimum atomic E-state index is -0.727.